The summed E-state index contributed by atoms with van der Waals surface area (Å²) in [6.45, 7) is 2.06. The SMILES string of the molecule is CCCc1nnc(N2C(=O)c3oc4ccccc4c(=O)c3C2c2ccc(OC)cc2)s1. The highest BCUT2D eigenvalue weighted by Crippen LogP contribution is 2.42. The number of fused-ring (bicyclic) bond motifs is 2. The zero-order valence-corrected chi connectivity index (χ0v) is 17.8. The number of hydrogen-bond acceptors (Lipinski definition) is 7. The molecule has 1 aliphatic heterocycles. The molecule has 5 rings (SSSR count). The van der Waals surface area contributed by atoms with E-state index in [9.17, 15) is 9.59 Å². The molecule has 156 valence electrons. The van der Waals surface area contributed by atoms with Gasteiger partial charge in [-0.25, -0.2) is 0 Å². The van der Waals surface area contributed by atoms with E-state index in [2.05, 4.69) is 17.1 Å². The van der Waals surface area contributed by atoms with Gasteiger partial charge in [0.2, 0.25) is 10.9 Å². The van der Waals surface area contributed by atoms with Crippen LogP contribution in [0.1, 0.15) is 46.1 Å². The first kappa shape index (κ1) is 19.4. The second kappa shape index (κ2) is 7.63. The molecule has 0 aliphatic carbocycles. The van der Waals surface area contributed by atoms with Crippen molar-refractivity contribution in [3.63, 3.8) is 0 Å². The number of ether oxygens (including phenoxy) is 1. The predicted octanol–water partition coefficient (Wildman–Crippen LogP) is 4.36. The molecular weight excluding hydrogens is 414 g/mol. The zero-order chi connectivity index (χ0) is 21.5. The van der Waals surface area contributed by atoms with Crippen LogP contribution in [0.25, 0.3) is 11.0 Å². The van der Waals surface area contributed by atoms with E-state index in [4.69, 9.17) is 9.15 Å². The van der Waals surface area contributed by atoms with E-state index < -0.39 is 11.9 Å². The van der Waals surface area contributed by atoms with Crippen molar-refractivity contribution in [3.8, 4) is 5.75 Å². The standard InChI is InChI=1S/C23H19N3O4S/c1-3-6-17-24-25-23(31-17)26-19(13-9-11-14(29-2)12-10-13)18-20(27)15-7-4-5-8-16(15)30-21(18)22(26)28/h4-5,7-12,19H,3,6H2,1-2H3. The van der Waals surface area contributed by atoms with E-state index in [1.54, 1.807) is 43.5 Å². The number of rotatable bonds is 5. The Labute approximate surface area is 181 Å². The number of anilines is 1. The van der Waals surface area contributed by atoms with Crippen molar-refractivity contribution < 1.29 is 13.9 Å². The van der Waals surface area contributed by atoms with Gasteiger partial charge in [0.1, 0.15) is 16.3 Å². The van der Waals surface area contributed by atoms with E-state index in [1.807, 2.05) is 12.1 Å². The number of benzene rings is 2. The summed E-state index contributed by atoms with van der Waals surface area (Å²) in [5.41, 5.74) is 1.26. The van der Waals surface area contributed by atoms with Crippen LogP contribution in [0.4, 0.5) is 5.13 Å². The highest BCUT2D eigenvalue weighted by atomic mass is 32.1. The Morgan fingerprint density at radius 1 is 1.10 bits per heavy atom. The Morgan fingerprint density at radius 3 is 2.61 bits per heavy atom. The molecule has 0 spiro atoms. The van der Waals surface area contributed by atoms with Crippen LogP contribution in [0.3, 0.4) is 0 Å². The molecule has 1 aliphatic rings. The van der Waals surface area contributed by atoms with Crippen LogP contribution in [0, 0.1) is 0 Å². The van der Waals surface area contributed by atoms with Gasteiger partial charge in [-0.3, -0.25) is 14.5 Å². The summed E-state index contributed by atoms with van der Waals surface area (Å²) in [7, 11) is 1.59. The molecule has 1 atom stereocenters. The number of aromatic nitrogens is 2. The molecule has 1 amide bonds. The van der Waals surface area contributed by atoms with Crippen molar-refractivity contribution in [2.45, 2.75) is 25.8 Å². The fourth-order valence-electron chi connectivity index (χ4n) is 3.88. The molecule has 2 aromatic heterocycles. The van der Waals surface area contributed by atoms with Crippen LogP contribution in [0.15, 0.2) is 57.7 Å². The molecule has 0 saturated carbocycles. The summed E-state index contributed by atoms with van der Waals surface area (Å²) >= 11 is 1.36. The molecule has 8 heteroatoms. The molecule has 0 N–H and O–H groups in total. The maximum Gasteiger partial charge on any atom is 0.297 e. The average molecular weight is 433 g/mol. The maximum atomic E-state index is 13.5. The number of methoxy groups -OCH3 is 1. The van der Waals surface area contributed by atoms with Crippen molar-refractivity contribution in [2.24, 2.45) is 0 Å². The van der Waals surface area contributed by atoms with Gasteiger partial charge in [0.25, 0.3) is 5.91 Å². The van der Waals surface area contributed by atoms with Crippen LogP contribution >= 0.6 is 11.3 Å². The molecule has 3 heterocycles. The lowest BCUT2D eigenvalue weighted by Gasteiger charge is -2.22. The third-order valence-corrected chi connectivity index (χ3v) is 6.32. The van der Waals surface area contributed by atoms with Gasteiger partial charge in [0.15, 0.2) is 5.43 Å². The minimum absolute atomic E-state index is 0.0526. The van der Waals surface area contributed by atoms with E-state index in [0.717, 1.165) is 23.4 Å². The first-order valence-corrected chi connectivity index (χ1v) is 10.8. The van der Waals surface area contributed by atoms with Crippen molar-refractivity contribution >= 4 is 33.3 Å². The molecule has 31 heavy (non-hydrogen) atoms. The summed E-state index contributed by atoms with van der Waals surface area (Å²) in [6, 6.07) is 13.6. The van der Waals surface area contributed by atoms with Crippen molar-refractivity contribution in [2.75, 3.05) is 12.0 Å². The van der Waals surface area contributed by atoms with Crippen molar-refractivity contribution in [1.82, 2.24) is 10.2 Å². The minimum atomic E-state index is -0.656. The van der Waals surface area contributed by atoms with Crippen LogP contribution in [0.5, 0.6) is 5.75 Å². The molecular formula is C23H19N3O4S. The van der Waals surface area contributed by atoms with Gasteiger partial charge in [-0.2, -0.15) is 0 Å². The largest absolute Gasteiger partial charge is 0.497 e. The highest BCUT2D eigenvalue weighted by Gasteiger charge is 2.45. The number of amides is 1. The minimum Gasteiger partial charge on any atom is -0.497 e. The van der Waals surface area contributed by atoms with Crippen LogP contribution < -0.4 is 15.1 Å². The van der Waals surface area contributed by atoms with E-state index in [-0.39, 0.29) is 11.2 Å². The maximum absolute atomic E-state index is 13.5. The van der Waals surface area contributed by atoms with Gasteiger partial charge in [-0.15, -0.1) is 10.2 Å². The smallest absolute Gasteiger partial charge is 0.297 e. The van der Waals surface area contributed by atoms with Gasteiger partial charge in [0, 0.05) is 6.42 Å². The Balaban J connectivity index is 1.74. The summed E-state index contributed by atoms with van der Waals surface area (Å²) in [4.78, 5) is 28.5. The summed E-state index contributed by atoms with van der Waals surface area (Å²) in [6.07, 6.45) is 1.71. The number of hydrogen-bond donors (Lipinski definition) is 0. The molecule has 4 aromatic rings. The quantitative estimate of drug-likeness (QED) is 0.465. The monoisotopic (exact) mass is 433 g/mol. The lowest BCUT2D eigenvalue weighted by molar-refractivity contribution is 0.0970. The average Bonchev–Trinajstić information content (AvgIpc) is 3.37. The third kappa shape index (κ3) is 3.11. The molecule has 0 saturated heterocycles. The molecule has 0 fully saturated rings. The molecule has 2 aromatic carbocycles. The Hall–Kier alpha value is -3.52. The topological polar surface area (TPSA) is 85.5 Å². The van der Waals surface area contributed by atoms with Gasteiger partial charge in [-0.1, -0.05) is 42.5 Å². The molecule has 0 radical (unpaired) electrons. The molecule has 0 bridgehead atoms. The van der Waals surface area contributed by atoms with Gasteiger partial charge >= 0.3 is 0 Å². The van der Waals surface area contributed by atoms with Gasteiger partial charge in [-0.05, 0) is 36.2 Å². The first-order chi connectivity index (χ1) is 15.1. The lowest BCUT2D eigenvalue weighted by Crippen LogP contribution is -2.29. The summed E-state index contributed by atoms with van der Waals surface area (Å²) in [5.74, 6) is 0.348. The molecule has 7 nitrogen and oxygen atoms in total. The third-order valence-electron chi connectivity index (χ3n) is 5.34. The van der Waals surface area contributed by atoms with Crippen LogP contribution in [-0.2, 0) is 6.42 Å². The van der Waals surface area contributed by atoms with E-state index in [0.29, 0.717) is 27.4 Å². The lowest BCUT2D eigenvalue weighted by atomic mass is 9.98. The van der Waals surface area contributed by atoms with Crippen LogP contribution in [-0.4, -0.2) is 23.2 Å². The number of nitrogens with zero attached hydrogens (tertiary/aromatic N) is 3. The Kier molecular flexibility index (Phi) is 4.78. The fourth-order valence-corrected chi connectivity index (χ4v) is 4.84. The van der Waals surface area contributed by atoms with Crippen molar-refractivity contribution in [1.29, 1.82) is 0 Å². The number of aryl methyl sites for hydroxylation is 1. The number of para-hydroxylation sites is 1. The van der Waals surface area contributed by atoms with E-state index >= 15 is 0 Å². The van der Waals surface area contributed by atoms with Gasteiger partial charge in [0.05, 0.1) is 24.1 Å². The van der Waals surface area contributed by atoms with Crippen LogP contribution in [0.2, 0.25) is 0 Å². The Bertz CT molecular complexity index is 1340. The second-order valence-corrected chi connectivity index (χ2v) is 8.29. The number of carbonyl (C=O) groups is 1. The normalized spacial score (nSPS) is 15.5. The summed E-state index contributed by atoms with van der Waals surface area (Å²) in [5, 5.41) is 10.2. The molecule has 1 unspecified atom stereocenters. The first-order valence-electron chi connectivity index (χ1n) is 9.98. The predicted molar refractivity (Wildman–Crippen MR) is 118 cm³/mol. The zero-order valence-electron chi connectivity index (χ0n) is 17.0. The Morgan fingerprint density at radius 2 is 1.87 bits per heavy atom. The fraction of sp³-hybridized carbons (Fsp3) is 0.217. The van der Waals surface area contributed by atoms with E-state index in [1.165, 1.54) is 16.2 Å². The van der Waals surface area contributed by atoms with Gasteiger partial charge < -0.3 is 9.15 Å². The summed E-state index contributed by atoms with van der Waals surface area (Å²) < 4.78 is 11.2. The number of carbonyl (C=O) groups excluding carboxylic acids is 1. The highest BCUT2D eigenvalue weighted by molar-refractivity contribution is 7.15. The van der Waals surface area contributed by atoms with Crippen molar-refractivity contribution in [3.05, 3.63) is 80.6 Å². The second-order valence-electron chi connectivity index (χ2n) is 7.25.